The molecular formula is C47H72N2O16. The third-order valence-electron chi connectivity index (χ3n) is 12.3. The average Bonchev–Trinajstić information content (AvgIpc) is 3.61. The van der Waals surface area contributed by atoms with Gasteiger partial charge in [0.05, 0.1) is 79.5 Å². The molecule has 0 aromatic rings. The predicted molar refractivity (Wildman–Crippen MR) is 237 cm³/mol. The van der Waals surface area contributed by atoms with Gasteiger partial charge in [-0.3, -0.25) is 4.79 Å². The average molecular weight is 921 g/mol. The van der Waals surface area contributed by atoms with E-state index in [-0.39, 0.29) is 38.0 Å². The topological polar surface area (TPSA) is 300 Å². The lowest BCUT2D eigenvalue weighted by Crippen LogP contribution is -2.62. The van der Waals surface area contributed by atoms with Crippen molar-refractivity contribution in [3.8, 4) is 0 Å². The van der Waals surface area contributed by atoms with Crippen LogP contribution >= 0.6 is 0 Å². The van der Waals surface area contributed by atoms with Gasteiger partial charge in [-0.25, -0.2) is 4.79 Å². The van der Waals surface area contributed by atoms with Crippen LogP contribution < -0.4 is 11.1 Å². The first-order chi connectivity index (χ1) is 30.8. The Morgan fingerprint density at radius 1 is 0.646 bits per heavy atom. The fourth-order valence-corrected chi connectivity index (χ4v) is 8.23. The molecule has 65 heavy (non-hydrogen) atoms. The van der Waals surface area contributed by atoms with Crippen molar-refractivity contribution in [1.29, 1.82) is 0 Å². The highest BCUT2D eigenvalue weighted by Crippen LogP contribution is 2.38. The van der Waals surface area contributed by atoms with E-state index in [0.29, 0.717) is 0 Å². The molecule has 0 aromatic carbocycles. The summed E-state index contributed by atoms with van der Waals surface area (Å²) < 4.78 is 29.1. The maximum Gasteiger partial charge on any atom is 0.407 e. The zero-order valence-corrected chi connectivity index (χ0v) is 37.6. The summed E-state index contributed by atoms with van der Waals surface area (Å²) in [7, 11) is 0. The minimum absolute atomic E-state index is 0.0414. The molecule has 4 rings (SSSR count). The summed E-state index contributed by atoms with van der Waals surface area (Å²) in [4.78, 5) is 25.1. The van der Waals surface area contributed by atoms with Crippen LogP contribution in [0.3, 0.4) is 0 Å². The third kappa shape index (κ3) is 17.2. The molecular weight excluding hydrogens is 849 g/mol. The van der Waals surface area contributed by atoms with Crippen LogP contribution in [-0.2, 0) is 28.5 Å². The highest BCUT2D eigenvalue weighted by atomic mass is 16.7. The molecule has 12 N–H and O–H groups in total. The molecule has 4 aliphatic rings. The number of esters is 1. The minimum Gasteiger partial charge on any atom is -0.462 e. The van der Waals surface area contributed by atoms with Gasteiger partial charge in [-0.15, -0.1) is 0 Å². The molecule has 3 saturated heterocycles. The second-order valence-electron chi connectivity index (χ2n) is 17.8. The van der Waals surface area contributed by atoms with Gasteiger partial charge in [0.1, 0.15) is 18.3 Å². The number of nitrogens with one attached hydrogen (secondary N) is 1. The number of hydrogen-bond donors (Lipinski definition) is 11. The van der Waals surface area contributed by atoms with Crippen molar-refractivity contribution in [3.05, 3.63) is 85.1 Å². The van der Waals surface area contributed by atoms with Gasteiger partial charge < -0.3 is 80.7 Å². The molecule has 0 aromatic heterocycles. The molecule has 366 valence electrons. The molecule has 0 radical (unpaired) electrons. The summed E-state index contributed by atoms with van der Waals surface area (Å²) in [6, 6.07) is -1.84. The molecule has 4 aliphatic heterocycles. The number of aliphatic hydroxyl groups excluding tert-OH is 8. The molecule has 0 aliphatic carbocycles. The number of ether oxygens (including phenoxy) is 5. The van der Waals surface area contributed by atoms with Crippen molar-refractivity contribution in [3.63, 3.8) is 0 Å². The number of hydrogen-bond acceptors (Lipinski definition) is 17. The number of fused-ring (bicyclic) bond motifs is 4. The molecule has 2 bridgehead atoms. The van der Waals surface area contributed by atoms with Gasteiger partial charge in [-0.2, -0.15) is 0 Å². The smallest absolute Gasteiger partial charge is 0.407 e. The Bertz CT molecular complexity index is 1700. The van der Waals surface area contributed by atoms with Crippen LogP contribution in [0.4, 0.5) is 4.79 Å². The van der Waals surface area contributed by atoms with Gasteiger partial charge in [-0.1, -0.05) is 98.9 Å². The molecule has 19 atom stereocenters. The van der Waals surface area contributed by atoms with Gasteiger partial charge >= 0.3 is 12.1 Å². The Hall–Kier alpha value is -3.60. The van der Waals surface area contributed by atoms with E-state index < -0.39 is 141 Å². The first kappa shape index (κ1) is 54.0. The number of nitrogens with two attached hydrogens (primary N) is 1. The summed E-state index contributed by atoms with van der Waals surface area (Å²) in [5, 5.41) is 100. The molecule has 18 nitrogen and oxygen atoms in total. The quantitative estimate of drug-likeness (QED) is 0.173. The van der Waals surface area contributed by atoms with Crippen molar-refractivity contribution in [1.82, 2.24) is 5.32 Å². The van der Waals surface area contributed by atoms with Crippen LogP contribution in [0.5, 0.6) is 0 Å². The third-order valence-corrected chi connectivity index (χ3v) is 12.3. The van der Waals surface area contributed by atoms with Crippen LogP contribution in [0.25, 0.3) is 0 Å². The highest BCUT2D eigenvalue weighted by molar-refractivity contribution is 5.70. The van der Waals surface area contributed by atoms with Crippen molar-refractivity contribution in [2.45, 2.75) is 183 Å². The fraction of sp³-hybridized carbons (Fsp3) is 0.660. The van der Waals surface area contributed by atoms with Gasteiger partial charge in [-0.05, 0) is 33.1 Å². The summed E-state index contributed by atoms with van der Waals surface area (Å²) >= 11 is 0. The van der Waals surface area contributed by atoms with Gasteiger partial charge in [0, 0.05) is 37.5 Å². The van der Waals surface area contributed by atoms with E-state index in [2.05, 4.69) is 5.32 Å². The first-order valence-electron chi connectivity index (χ1n) is 22.5. The number of allylic oxidation sites excluding steroid dienone is 12. The Morgan fingerprint density at radius 3 is 1.88 bits per heavy atom. The zero-order chi connectivity index (χ0) is 47.8. The van der Waals surface area contributed by atoms with E-state index in [1.807, 2.05) is 61.6 Å². The van der Waals surface area contributed by atoms with E-state index in [1.165, 1.54) is 0 Å². The van der Waals surface area contributed by atoms with Crippen molar-refractivity contribution >= 4 is 12.1 Å². The lowest BCUT2D eigenvalue weighted by Gasteiger charge is -2.44. The SMILES string of the molecule is CC1OC(=O)C[C@H](O)C[C@H](O)CC[C@@H](O)[C@H](O)C[C@H](O)C[C@]2(O)CC3OC(=O)N[C@H]3C(C[C@@H](O[C@@H]3O[C@H](C)[C@@H](O)[C@H](N)[C@@H]3O)/C=C/C=C/C=C/C=C/C=C/C=C/C=C/[C@H](C)[C@@H](O)[C@H]1C)O2. The first-order valence-corrected chi connectivity index (χ1v) is 22.5. The van der Waals surface area contributed by atoms with Crippen LogP contribution in [0.1, 0.15) is 79.1 Å². The lowest BCUT2D eigenvalue weighted by atomic mass is 9.87. The molecule has 0 saturated carbocycles. The van der Waals surface area contributed by atoms with Crippen LogP contribution in [-0.4, -0.2) is 162 Å². The number of aliphatic hydroxyl groups is 9. The highest BCUT2D eigenvalue weighted by Gasteiger charge is 2.53. The number of cyclic esters (lactones) is 1. The largest absolute Gasteiger partial charge is 0.462 e. The second kappa shape index (κ2) is 26.1. The molecule has 18 heteroatoms. The summed E-state index contributed by atoms with van der Waals surface area (Å²) in [6.45, 7) is 6.84. The second-order valence-corrected chi connectivity index (χ2v) is 17.8. The Balaban J connectivity index is 1.53. The molecule has 1 amide bonds. The maximum absolute atomic E-state index is 12.6. The van der Waals surface area contributed by atoms with Gasteiger partial charge in [0.15, 0.2) is 12.1 Å². The Labute approximate surface area is 381 Å². The summed E-state index contributed by atoms with van der Waals surface area (Å²) in [5.41, 5.74) is 6.07. The van der Waals surface area contributed by atoms with E-state index in [1.54, 1.807) is 51.2 Å². The standard InChI is InChI=1S/C47H72N2O16/c1-27-17-15-13-11-9-7-5-6-8-10-12-14-16-18-34(63-45-44(58)40(48)43(57)30(4)62-45)24-37-41-38(64-46(59)49-41)26-47(60,65-37)25-33(52)22-36(54)35(53)20-19-31(50)21-32(51)23-39(55)61-29(3)28(2)42(27)56/h5-18,27-38,40-45,50-54,56-58,60H,19-26,48H2,1-4H3,(H,49,59)/b6-5+,9-7+,10-8+,13-11+,14-12+,17-15+,18-16+/t27-,28-,29?,30+,31+,32+,33-,34-,35+,36+,37?,38?,40-,41-,42+,43+,44-,45-,47+/m0/s1. The minimum atomic E-state index is -2.09. The van der Waals surface area contributed by atoms with Crippen molar-refractivity contribution in [2.75, 3.05) is 0 Å². The monoisotopic (exact) mass is 920 g/mol. The number of carbonyl (C=O) groups is 2. The molecule has 3 fully saturated rings. The van der Waals surface area contributed by atoms with E-state index in [4.69, 9.17) is 29.4 Å². The number of alkyl carbamates (subject to hydrolysis) is 1. The fourth-order valence-electron chi connectivity index (χ4n) is 8.23. The molecule has 4 heterocycles. The summed E-state index contributed by atoms with van der Waals surface area (Å²) in [5.74, 6) is -3.50. The van der Waals surface area contributed by atoms with Crippen molar-refractivity contribution in [2.24, 2.45) is 17.6 Å². The van der Waals surface area contributed by atoms with E-state index >= 15 is 0 Å². The molecule has 0 spiro atoms. The summed E-state index contributed by atoms with van der Waals surface area (Å²) in [6.07, 6.45) is 6.59. The number of carbonyl (C=O) groups excluding carboxylic acids is 2. The van der Waals surface area contributed by atoms with E-state index in [9.17, 15) is 55.5 Å². The Kier molecular flexibility index (Phi) is 21.7. The zero-order valence-electron chi connectivity index (χ0n) is 37.6. The number of amides is 1. The predicted octanol–water partition coefficient (Wildman–Crippen LogP) is 1.13. The van der Waals surface area contributed by atoms with Gasteiger partial charge in [0.25, 0.3) is 0 Å². The van der Waals surface area contributed by atoms with E-state index in [0.717, 1.165) is 0 Å². The normalized spacial score (nSPS) is 46.2. The Morgan fingerprint density at radius 2 is 1.25 bits per heavy atom. The maximum atomic E-state index is 12.6. The number of rotatable bonds is 2. The lowest BCUT2D eigenvalue weighted by molar-refractivity contribution is -0.298. The van der Waals surface area contributed by atoms with Crippen LogP contribution in [0.2, 0.25) is 0 Å². The van der Waals surface area contributed by atoms with Crippen LogP contribution in [0.15, 0.2) is 85.1 Å². The van der Waals surface area contributed by atoms with Crippen molar-refractivity contribution < 1.29 is 79.2 Å². The van der Waals surface area contributed by atoms with Crippen LogP contribution in [0, 0.1) is 11.8 Å². The van der Waals surface area contributed by atoms with Gasteiger partial charge in [0.2, 0.25) is 0 Å². The molecule has 3 unspecified atom stereocenters.